The number of benzene rings is 1. The Kier molecular flexibility index (Phi) is 5.06. The van der Waals surface area contributed by atoms with E-state index in [0.29, 0.717) is 6.04 Å². The Labute approximate surface area is 111 Å². The molecule has 100 valence electrons. The Hall–Kier alpha value is -1.02. The summed E-state index contributed by atoms with van der Waals surface area (Å²) in [5.41, 5.74) is 1.39. The van der Waals surface area contributed by atoms with Crippen molar-refractivity contribution in [3.63, 3.8) is 0 Å². The van der Waals surface area contributed by atoms with Crippen molar-refractivity contribution in [1.82, 2.24) is 5.32 Å². The van der Waals surface area contributed by atoms with Gasteiger partial charge in [0.1, 0.15) is 5.75 Å². The normalized spacial score (nSPS) is 16.6. The highest BCUT2D eigenvalue weighted by Gasteiger charge is 2.22. The van der Waals surface area contributed by atoms with E-state index in [4.69, 9.17) is 4.74 Å². The Balaban J connectivity index is 1.94. The zero-order valence-electron chi connectivity index (χ0n) is 11.6. The lowest BCUT2D eigenvalue weighted by molar-refractivity contribution is 0.340. The second kappa shape index (κ2) is 6.79. The average molecular weight is 247 g/mol. The lowest BCUT2D eigenvalue weighted by Crippen LogP contribution is -2.21. The molecule has 0 spiro atoms. The van der Waals surface area contributed by atoms with Crippen LogP contribution in [0.4, 0.5) is 0 Å². The summed E-state index contributed by atoms with van der Waals surface area (Å²) >= 11 is 0. The zero-order valence-corrected chi connectivity index (χ0v) is 11.6. The lowest BCUT2D eigenvalue weighted by atomic mass is 10.0. The molecule has 1 fully saturated rings. The van der Waals surface area contributed by atoms with Crippen LogP contribution in [0.3, 0.4) is 0 Å². The third-order valence-electron chi connectivity index (χ3n) is 3.60. The van der Waals surface area contributed by atoms with Crippen LogP contribution in [0.25, 0.3) is 0 Å². The van der Waals surface area contributed by atoms with E-state index in [1.54, 1.807) is 0 Å². The molecule has 0 bridgehead atoms. The first-order chi connectivity index (χ1) is 8.83. The number of nitrogens with one attached hydrogen (secondary N) is 1. The van der Waals surface area contributed by atoms with Crippen LogP contribution in [0.2, 0.25) is 0 Å². The van der Waals surface area contributed by atoms with Gasteiger partial charge in [0.15, 0.2) is 0 Å². The van der Waals surface area contributed by atoms with Gasteiger partial charge < -0.3 is 10.1 Å². The van der Waals surface area contributed by atoms with Gasteiger partial charge in [0, 0.05) is 6.04 Å². The van der Waals surface area contributed by atoms with Crippen molar-refractivity contribution in [2.75, 3.05) is 13.2 Å². The van der Waals surface area contributed by atoms with E-state index >= 15 is 0 Å². The van der Waals surface area contributed by atoms with Crippen LogP contribution < -0.4 is 10.1 Å². The second-order valence-corrected chi connectivity index (χ2v) is 5.13. The highest BCUT2D eigenvalue weighted by atomic mass is 16.5. The molecule has 1 N–H and O–H groups in total. The maximum absolute atomic E-state index is 5.49. The van der Waals surface area contributed by atoms with Gasteiger partial charge in [0.05, 0.1) is 6.61 Å². The first-order valence-electron chi connectivity index (χ1n) is 7.29. The molecule has 1 saturated carbocycles. The molecule has 0 aliphatic heterocycles. The summed E-state index contributed by atoms with van der Waals surface area (Å²) in [6, 6.07) is 9.07. The van der Waals surface area contributed by atoms with Crippen LogP contribution in [0.15, 0.2) is 24.3 Å². The monoisotopic (exact) mass is 247 g/mol. The average Bonchev–Trinajstić information content (AvgIpc) is 3.20. The fourth-order valence-corrected chi connectivity index (χ4v) is 2.40. The maximum atomic E-state index is 5.49. The molecule has 0 heterocycles. The third-order valence-corrected chi connectivity index (χ3v) is 3.60. The minimum atomic E-state index is 0.506. The highest BCUT2D eigenvalue weighted by Crippen LogP contribution is 2.36. The van der Waals surface area contributed by atoms with Crippen LogP contribution in [0.1, 0.15) is 51.1 Å². The van der Waals surface area contributed by atoms with Crippen molar-refractivity contribution in [1.29, 1.82) is 0 Å². The molecule has 1 aliphatic rings. The first-order valence-corrected chi connectivity index (χ1v) is 7.29. The summed E-state index contributed by atoms with van der Waals surface area (Å²) in [6.07, 6.45) is 5.52. The lowest BCUT2D eigenvalue weighted by Gasteiger charge is -2.18. The van der Waals surface area contributed by atoms with E-state index in [-0.39, 0.29) is 0 Å². The number of rotatable bonds is 8. The fourth-order valence-electron chi connectivity index (χ4n) is 2.40. The van der Waals surface area contributed by atoms with Crippen molar-refractivity contribution in [2.45, 2.75) is 45.6 Å². The molecule has 1 aromatic rings. The topological polar surface area (TPSA) is 21.3 Å². The summed E-state index contributed by atoms with van der Waals surface area (Å²) < 4.78 is 5.49. The van der Waals surface area contributed by atoms with Gasteiger partial charge in [-0.3, -0.25) is 0 Å². The number of hydrogen-bond donors (Lipinski definition) is 1. The molecule has 0 saturated heterocycles. The van der Waals surface area contributed by atoms with Crippen molar-refractivity contribution in [2.24, 2.45) is 5.92 Å². The summed E-state index contributed by atoms with van der Waals surface area (Å²) in [6.45, 7) is 5.96. The largest absolute Gasteiger partial charge is 0.494 e. The summed E-state index contributed by atoms with van der Waals surface area (Å²) in [5, 5.41) is 3.59. The molecule has 0 amide bonds. The van der Waals surface area contributed by atoms with Crippen LogP contribution in [-0.4, -0.2) is 13.2 Å². The molecule has 1 unspecified atom stereocenters. The predicted molar refractivity (Wildman–Crippen MR) is 76.0 cm³/mol. The van der Waals surface area contributed by atoms with Crippen molar-refractivity contribution >= 4 is 0 Å². The van der Waals surface area contributed by atoms with E-state index in [1.165, 1.54) is 31.2 Å². The van der Waals surface area contributed by atoms with Crippen molar-refractivity contribution < 1.29 is 4.74 Å². The standard InChI is InChI=1S/C16H25NO/c1-3-17-16(12-7-13-5-6-13)14-8-10-15(11-9-14)18-4-2/h8-11,13,16-17H,3-7,12H2,1-2H3. The molecule has 0 radical (unpaired) electrons. The van der Waals surface area contributed by atoms with Gasteiger partial charge in [-0.1, -0.05) is 31.9 Å². The molecule has 2 heteroatoms. The maximum Gasteiger partial charge on any atom is 0.119 e. The van der Waals surface area contributed by atoms with Crippen LogP contribution in [-0.2, 0) is 0 Å². The predicted octanol–water partition coefficient (Wildman–Crippen LogP) is 3.93. The molecule has 2 nitrogen and oxygen atoms in total. The molecule has 1 aliphatic carbocycles. The van der Waals surface area contributed by atoms with E-state index in [9.17, 15) is 0 Å². The van der Waals surface area contributed by atoms with Gasteiger partial charge in [-0.2, -0.15) is 0 Å². The van der Waals surface area contributed by atoms with Gasteiger partial charge in [0.2, 0.25) is 0 Å². The summed E-state index contributed by atoms with van der Waals surface area (Å²) in [7, 11) is 0. The fraction of sp³-hybridized carbons (Fsp3) is 0.625. The smallest absolute Gasteiger partial charge is 0.119 e. The molecular weight excluding hydrogens is 222 g/mol. The Morgan fingerprint density at radius 1 is 1.22 bits per heavy atom. The van der Waals surface area contributed by atoms with Gasteiger partial charge in [0.25, 0.3) is 0 Å². The van der Waals surface area contributed by atoms with Crippen LogP contribution in [0, 0.1) is 5.92 Å². The zero-order chi connectivity index (χ0) is 12.8. The minimum absolute atomic E-state index is 0.506. The Morgan fingerprint density at radius 3 is 2.50 bits per heavy atom. The molecule has 2 rings (SSSR count). The SMILES string of the molecule is CCNC(CCC1CC1)c1ccc(OCC)cc1. The van der Waals surface area contributed by atoms with Crippen molar-refractivity contribution in [3.8, 4) is 5.75 Å². The van der Waals surface area contributed by atoms with E-state index in [0.717, 1.165) is 24.8 Å². The van der Waals surface area contributed by atoms with Gasteiger partial charge >= 0.3 is 0 Å². The Morgan fingerprint density at radius 2 is 1.94 bits per heavy atom. The van der Waals surface area contributed by atoms with Crippen molar-refractivity contribution in [3.05, 3.63) is 29.8 Å². The molecule has 18 heavy (non-hydrogen) atoms. The van der Waals surface area contributed by atoms with Gasteiger partial charge in [-0.05, 0) is 49.9 Å². The number of hydrogen-bond acceptors (Lipinski definition) is 2. The van der Waals surface area contributed by atoms with Gasteiger partial charge in [-0.15, -0.1) is 0 Å². The quantitative estimate of drug-likeness (QED) is 0.751. The second-order valence-electron chi connectivity index (χ2n) is 5.13. The summed E-state index contributed by atoms with van der Waals surface area (Å²) in [5.74, 6) is 1.98. The number of ether oxygens (including phenoxy) is 1. The third kappa shape index (κ3) is 4.02. The van der Waals surface area contributed by atoms with Crippen LogP contribution in [0.5, 0.6) is 5.75 Å². The Bertz CT molecular complexity index is 343. The molecule has 1 aromatic carbocycles. The van der Waals surface area contributed by atoms with E-state index in [1.807, 2.05) is 6.92 Å². The van der Waals surface area contributed by atoms with E-state index < -0.39 is 0 Å². The minimum Gasteiger partial charge on any atom is -0.494 e. The summed E-state index contributed by atoms with van der Waals surface area (Å²) in [4.78, 5) is 0. The van der Waals surface area contributed by atoms with E-state index in [2.05, 4.69) is 36.5 Å². The van der Waals surface area contributed by atoms with Gasteiger partial charge in [-0.25, -0.2) is 0 Å². The molecule has 1 atom stereocenters. The molecule has 0 aromatic heterocycles. The van der Waals surface area contributed by atoms with Crippen LogP contribution >= 0.6 is 0 Å². The first kappa shape index (κ1) is 13.4. The highest BCUT2D eigenvalue weighted by molar-refractivity contribution is 5.29. The molecular formula is C16H25NO.